The number of halogens is 1. The van der Waals surface area contributed by atoms with Crippen LogP contribution in [-0.4, -0.2) is 17.1 Å². The molecule has 0 fully saturated rings. The third-order valence-electron chi connectivity index (χ3n) is 0.822. The maximum absolute atomic E-state index is 8.81. The average molecular weight is 135 g/mol. The lowest BCUT2D eigenvalue weighted by Crippen LogP contribution is -2.05. The fourth-order valence-corrected chi connectivity index (χ4v) is 0.482. The molecule has 0 spiro atoms. The summed E-state index contributed by atoms with van der Waals surface area (Å²) < 4.78 is 0. The van der Waals surface area contributed by atoms with Gasteiger partial charge in [-0.15, -0.1) is 11.6 Å². The zero-order chi connectivity index (χ0) is 6.41. The number of rotatable bonds is 3. The molecule has 0 radical (unpaired) electrons. The van der Waals surface area contributed by atoms with Crippen molar-refractivity contribution in [2.75, 3.05) is 5.88 Å². The van der Waals surface area contributed by atoms with E-state index in [1.807, 2.05) is 19.1 Å². The van der Waals surface area contributed by atoms with E-state index < -0.39 is 0 Å². The van der Waals surface area contributed by atoms with Crippen LogP contribution in [0.15, 0.2) is 12.2 Å². The van der Waals surface area contributed by atoms with Crippen LogP contribution >= 0.6 is 11.6 Å². The van der Waals surface area contributed by atoms with Crippen LogP contribution in [0.5, 0.6) is 0 Å². The van der Waals surface area contributed by atoms with Crippen LogP contribution in [0.2, 0.25) is 0 Å². The minimum absolute atomic E-state index is 0.324. The molecule has 0 aromatic carbocycles. The lowest BCUT2D eigenvalue weighted by atomic mass is 10.3. The van der Waals surface area contributed by atoms with Crippen LogP contribution in [-0.2, 0) is 0 Å². The van der Waals surface area contributed by atoms with Gasteiger partial charge in [-0.05, 0) is 13.3 Å². The quantitative estimate of drug-likeness (QED) is 0.459. The molecule has 0 saturated heterocycles. The van der Waals surface area contributed by atoms with Crippen LogP contribution < -0.4 is 0 Å². The average Bonchev–Trinajstić information content (AvgIpc) is 1.83. The maximum atomic E-state index is 8.81. The van der Waals surface area contributed by atoms with Crippen LogP contribution in [0.25, 0.3) is 0 Å². The first-order valence-electron chi connectivity index (χ1n) is 2.66. The molecular weight excluding hydrogens is 124 g/mol. The fraction of sp³-hybridized carbons (Fsp3) is 0.667. The smallest absolute Gasteiger partial charge is 0.0709 e. The summed E-state index contributed by atoms with van der Waals surface area (Å²) in [5.74, 6) is 0.324. The number of aliphatic hydroxyl groups is 1. The van der Waals surface area contributed by atoms with Gasteiger partial charge in [0.05, 0.1) is 6.10 Å². The normalized spacial score (nSPS) is 14.9. The Bertz CT molecular complexity index is 70.9. The first kappa shape index (κ1) is 7.99. The highest BCUT2D eigenvalue weighted by Gasteiger charge is 1.95. The van der Waals surface area contributed by atoms with Gasteiger partial charge in [0.2, 0.25) is 0 Å². The molecule has 0 heterocycles. The van der Waals surface area contributed by atoms with Gasteiger partial charge in [0, 0.05) is 5.88 Å². The van der Waals surface area contributed by atoms with Crippen LogP contribution in [0.4, 0.5) is 0 Å². The summed E-state index contributed by atoms with van der Waals surface area (Å²) in [6.07, 6.45) is 4.09. The summed E-state index contributed by atoms with van der Waals surface area (Å²) >= 11 is 5.30. The number of hydrogen-bond acceptors (Lipinski definition) is 1. The highest BCUT2D eigenvalue weighted by molar-refractivity contribution is 6.18. The van der Waals surface area contributed by atoms with Crippen molar-refractivity contribution < 1.29 is 5.11 Å². The number of aliphatic hydroxyl groups excluding tert-OH is 1. The Balaban J connectivity index is 3.10. The molecule has 0 amide bonds. The van der Waals surface area contributed by atoms with E-state index in [1.54, 1.807) is 0 Å². The van der Waals surface area contributed by atoms with Gasteiger partial charge in [0.15, 0.2) is 0 Å². The molecule has 1 atom stereocenters. The highest BCUT2D eigenvalue weighted by Crippen LogP contribution is 1.94. The summed E-state index contributed by atoms with van der Waals surface area (Å²) in [4.78, 5) is 0. The Hall–Kier alpha value is -0.0100. The van der Waals surface area contributed by atoms with Gasteiger partial charge in [0.1, 0.15) is 0 Å². The predicted molar refractivity (Wildman–Crippen MR) is 36.2 cm³/mol. The molecule has 0 bridgehead atoms. The standard InChI is InChI=1S/C6H11ClO/c1-2-3-4-6(8)5-7/h2-3,6,8H,4-5H2,1H3/b3-2-/t6-/m1/s1. The predicted octanol–water partition coefficient (Wildman–Crippen LogP) is 1.55. The molecule has 0 aromatic rings. The summed E-state index contributed by atoms with van der Waals surface area (Å²) in [6.45, 7) is 1.92. The summed E-state index contributed by atoms with van der Waals surface area (Å²) in [7, 11) is 0. The number of allylic oxidation sites excluding steroid dienone is 1. The molecule has 0 saturated carbocycles. The third-order valence-corrected chi connectivity index (χ3v) is 1.18. The fourth-order valence-electron chi connectivity index (χ4n) is 0.356. The Labute approximate surface area is 55.0 Å². The number of alkyl halides is 1. The van der Waals surface area contributed by atoms with E-state index in [4.69, 9.17) is 16.7 Å². The van der Waals surface area contributed by atoms with Crippen molar-refractivity contribution in [2.24, 2.45) is 0 Å². The first-order valence-corrected chi connectivity index (χ1v) is 3.20. The van der Waals surface area contributed by atoms with E-state index in [0.29, 0.717) is 12.3 Å². The largest absolute Gasteiger partial charge is 0.392 e. The van der Waals surface area contributed by atoms with E-state index >= 15 is 0 Å². The van der Waals surface area contributed by atoms with Gasteiger partial charge in [0.25, 0.3) is 0 Å². The van der Waals surface area contributed by atoms with Crippen LogP contribution in [0.3, 0.4) is 0 Å². The van der Waals surface area contributed by atoms with Crippen molar-refractivity contribution in [3.8, 4) is 0 Å². The molecule has 0 rings (SSSR count). The Morgan fingerprint density at radius 2 is 2.38 bits per heavy atom. The zero-order valence-corrected chi connectivity index (χ0v) is 5.73. The molecule has 0 unspecified atom stereocenters. The summed E-state index contributed by atoms with van der Waals surface area (Å²) in [6, 6.07) is 0. The SMILES string of the molecule is C/C=C\C[C@@H](O)CCl. The van der Waals surface area contributed by atoms with Crippen molar-refractivity contribution in [2.45, 2.75) is 19.4 Å². The number of hydrogen-bond donors (Lipinski definition) is 1. The molecule has 0 aliphatic heterocycles. The van der Waals surface area contributed by atoms with Crippen molar-refractivity contribution in [3.05, 3.63) is 12.2 Å². The van der Waals surface area contributed by atoms with E-state index in [0.717, 1.165) is 0 Å². The minimum atomic E-state index is -0.368. The highest BCUT2D eigenvalue weighted by atomic mass is 35.5. The van der Waals surface area contributed by atoms with Gasteiger partial charge in [-0.3, -0.25) is 0 Å². The Morgan fingerprint density at radius 1 is 1.75 bits per heavy atom. The van der Waals surface area contributed by atoms with Gasteiger partial charge in [-0.25, -0.2) is 0 Å². The topological polar surface area (TPSA) is 20.2 Å². The Morgan fingerprint density at radius 3 is 2.75 bits per heavy atom. The van der Waals surface area contributed by atoms with Crippen LogP contribution in [0.1, 0.15) is 13.3 Å². The van der Waals surface area contributed by atoms with Crippen molar-refractivity contribution in [3.63, 3.8) is 0 Å². The molecule has 1 N–H and O–H groups in total. The first-order chi connectivity index (χ1) is 3.81. The molecule has 1 nitrogen and oxygen atoms in total. The van der Waals surface area contributed by atoms with E-state index in [1.165, 1.54) is 0 Å². The Kier molecular flexibility index (Phi) is 5.13. The zero-order valence-electron chi connectivity index (χ0n) is 4.97. The van der Waals surface area contributed by atoms with Crippen molar-refractivity contribution >= 4 is 11.6 Å². The van der Waals surface area contributed by atoms with E-state index in [9.17, 15) is 0 Å². The second kappa shape index (κ2) is 5.13. The van der Waals surface area contributed by atoms with Crippen molar-refractivity contribution in [1.82, 2.24) is 0 Å². The molecule has 8 heavy (non-hydrogen) atoms. The molecule has 0 aromatic heterocycles. The second-order valence-corrected chi connectivity index (χ2v) is 1.92. The molecule has 2 heteroatoms. The van der Waals surface area contributed by atoms with E-state index in [-0.39, 0.29) is 6.10 Å². The van der Waals surface area contributed by atoms with Gasteiger partial charge >= 0.3 is 0 Å². The molecule has 48 valence electrons. The molecule has 0 aliphatic rings. The maximum Gasteiger partial charge on any atom is 0.0709 e. The van der Waals surface area contributed by atoms with Gasteiger partial charge in [-0.1, -0.05) is 12.2 Å². The third kappa shape index (κ3) is 4.16. The lowest BCUT2D eigenvalue weighted by molar-refractivity contribution is 0.202. The molecule has 0 aliphatic carbocycles. The second-order valence-electron chi connectivity index (χ2n) is 1.61. The lowest BCUT2D eigenvalue weighted by Gasteiger charge is -1.98. The minimum Gasteiger partial charge on any atom is -0.392 e. The van der Waals surface area contributed by atoms with Crippen LogP contribution in [0, 0.1) is 0 Å². The van der Waals surface area contributed by atoms with E-state index in [2.05, 4.69) is 0 Å². The monoisotopic (exact) mass is 134 g/mol. The van der Waals surface area contributed by atoms with Crippen molar-refractivity contribution in [1.29, 1.82) is 0 Å². The van der Waals surface area contributed by atoms with Gasteiger partial charge in [-0.2, -0.15) is 0 Å². The summed E-state index contributed by atoms with van der Waals surface area (Å²) in [5, 5.41) is 8.81. The molecular formula is C6H11ClO. The summed E-state index contributed by atoms with van der Waals surface area (Å²) in [5.41, 5.74) is 0. The van der Waals surface area contributed by atoms with Gasteiger partial charge < -0.3 is 5.11 Å².